The first-order valence-corrected chi connectivity index (χ1v) is 5.49. The summed E-state index contributed by atoms with van der Waals surface area (Å²) in [4.78, 5) is 13.5. The van der Waals surface area contributed by atoms with E-state index in [9.17, 15) is 9.18 Å². The second-order valence-electron chi connectivity index (χ2n) is 4.61. The SMILES string of the molecule is N[C@@H]1C[C@@H]1CN1C(=O)Cc2cc(F)ccc21. The van der Waals surface area contributed by atoms with E-state index in [-0.39, 0.29) is 17.8 Å². The molecule has 16 heavy (non-hydrogen) atoms. The van der Waals surface area contributed by atoms with E-state index >= 15 is 0 Å². The van der Waals surface area contributed by atoms with Crippen molar-refractivity contribution in [1.82, 2.24) is 0 Å². The molecule has 84 valence electrons. The van der Waals surface area contributed by atoms with Crippen LogP contribution in [0.15, 0.2) is 18.2 Å². The molecule has 2 atom stereocenters. The van der Waals surface area contributed by atoms with Gasteiger partial charge in [-0.05, 0) is 36.1 Å². The molecular formula is C12H13FN2O. The van der Waals surface area contributed by atoms with E-state index in [1.165, 1.54) is 12.1 Å². The molecule has 1 amide bonds. The summed E-state index contributed by atoms with van der Waals surface area (Å²) < 4.78 is 13.0. The Morgan fingerprint density at radius 3 is 2.94 bits per heavy atom. The molecule has 3 nitrogen and oxygen atoms in total. The maximum absolute atomic E-state index is 13.0. The smallest absolute Gasteiger partial charge is 0.231 e. The van der Waals surface area contributed by atoms with Gasteiger partial charge in [0, 0.05) is 18.3 Å². The summed E-state index contributed by atoms with van der Waals surface area (Å²) in [7, 11) is 0. The molecule has 1 aromatic rings. The van der Waals surface area contributed by atoms with Crippen LogP contribution in [-0.2, 0) is 11.2 Å². The monoisotopic (exact) mass is 220 g/mol. The lowest BCUT2D eigenvalue weighted by atomic mass is 10.1. The third-order valence-corrected chi connectivity index (χ3v) is 3.37. The highest BCUT2D eigenvalue weighted by Crippen LogP contribution is 2.35. The van der Waals surface area contributed by atoms with Crippen LogP contribution in [-0.4, -0.2) is 18.5 Å². The zero-order valence-electron chi connectivity index (χ0n) is 8.82. The third-order valence-electron chi connectivity index (χ3n) is 3.37. The van der Waals surface area contributed by atoms with Crippen molar-refractivity contribution in [2.75, 3.05) is 11.4 Å². The molecule has 1 aromatic carbocycles. The number of carbonyl (C=O) groups is 1. The van der Waals surface area contributed by atoms with Crippen molar-refractivity contribution in [2.24, 2.45) is 11.7 Å². The molecule has 2 N–H and O–H groups in total. The van der Waals surface area contributed by atoms with Crippen LogP contribution in [0.1, 0.15) is 12.0 Å². The molecule has 0 aromatic heterocycles. The van der Waals surface area contributed by atoms with E-state index in [0.29, 0.717) is 18.9 Å². The molecule has 4 heteroatoms. The normalized spacial score (nSPS) is 27.1. The van der Waals surface area contributed by atoms with Crippen molar-refractivity contribution < 1.29 is 9.18 Å². The summed E-state index contributed by atoms with van der Waals surface area (Å²) in [5.41, 5.74) is 7.38. The lowest BCUT2D eigenvalue weighted by Gasteiger charge is -2.17. The number of rotatable bonds is 2. The number of hydrogen-bond donors (Lipinski definition) is 1. The molecule has 1 saturated carbocycles. The van der Waals surface area contributed by atoms with Gasteiger partial charge in [-0.3, -0.25) is 4.79 Å². The zero-order chi connectivity index (χ0) is 11.3. The van der Waals surface area contributed by atoms with Crippen LogP contribution in [0.25, 0.3) is 0 Å². The molecule has 1 fully saturated rings. The minimum atomic E-state index is -0.281. The number of nitrogens with zero attached hydrogens (tertiary/aromatic N) is 1. The Hall–Kier alpha value is -1.42. The van der Waals surface area contributed by atoms with Crippen LogP contribution >= 0.6 is 0 Å². The first-order chi connectivity index (χ1) is 7.65. The number of carbonyl (C=O) groups excluding carboxylic acids is 1. The molecule has 0 unspecified atom stereocenters. The van der Waals surface area contributed by atoms with Crippen LogP contribution in [0.2, 0.25) is 0 Å². The number of hydrogen-bond acceptors (Lipinski definition) is 2. The first-order valence-electron chi connectivity index (χ1n) is 5.49. The molecule has 0 bridgehead atoms. The summed E-state index contributed by atoms with van der Waals surface area (Å²) >= 11 is 0. The van der Waals surface area contributed by atoms with E-state index in [0.717, 1.165) is 17.7 Å². The molecule has 1 heterocycles. The van der Waals surface area contributed by atoms with Gasteiger partial charge in [-0.15, -0.1) is 0 Å². The first kappa shape index (κ1) is 9.78. The van der Waals surface area contributed by atoms with Crippen molar-refractivity contribution >= 4 is 11.6 Å². The zero-order valence-corrected chi connectivity index (χ0v) is 8.82. The molecule has 1 aliphatic carbocycles. The molecule has 0 spiro atoms. The van der Waals surface area contributed by atoms with Gasteiger partial charge in [0.2, 0.25) is 5.91 Å². The van der Waals surface area contributed by atoms with Crippen LogP contribution in [0.3, 0.4) is 0 Å². The number of anilines is 1. The van der Waals surface area contributed by atoms with Gasteiger partial charge in [-0.1, -0.05) is 0 Å². The number of fused-ring (bicyclic) bond motifs is 1. The highest BCUT2D eigenvalue weighted by molar-refractivity contribution is 6.01. The Balaban J connectivity index is 1.87. The maximum atomic E-state index is 13.0. The van der Waals surface area contributed by atoms with Crippen LogP contribution in [0.5, 0.6) is 0 Å². The van der Waals surface area contributed by atoms with Gasteiger partial charge in [0.05, 0.1) is 6.42 Å². The highest BCUT2D eigenvalue weighted by Gasteiger charge is 2.38. The molecule has 3 rings (SSSR count). The van der Waals surface area contributed by atoms with Crippen molar-refractivity contribution in [3.05, 3.63) is 29.6 Å². The maximum Gasteiger partial charge on any atom is 0.231 e. The number of halogens is 1. The predicted molar refractivity (Wildman–Crippen MR) is 58.5 cm³/mol. The van der Waals surface area contributed by atoms with Gasteiger partial charge < -0.3 is 10.6 Å². The second kappa shape index (κ2) is 3.28. The van der Waals surface area contributed by atoms with E-state index in [1.54, 1.807) is 11.0 Å². The molecular weight excluding hydrogens is 207 g/mol. The summed E-state index contributed by atoms with van der Waals surface area (Å²) in [6.45, 7) is 0.679. The minimum absolute atomic E-state index is 0.0553. The summed E-state index contributed by atoms with van der Waals surface area (Å²) in [5, 5.41) is 0. The predicted octanol–water partition coefficient (Wildman–Crippen LogP) is 1.06. The van der Waals surface area contributed by atoms with Gasteiger partial charge in [-0.25, -0.2) is 4.39 Å². The fraction of sp³-hybridized carbons (Fsp3) is 0.417. The Morgan fingerprint density at radius 1 is 1.50 bits per heavy atom. The Labute approximate surface area is 93.0 Å². The summed E-state index contributed by atoms with van der Waals surface area (Å²) in [5.74, 6) is 0.191. The van der Waals surface area contributed by atoms with Gasteiger partial charge in [0.1, 0.15) is 5.82 Å². The fourth-order valence-corrected chi connectivity index (χ4v) is 2.27. The fourth-order valence-electron chi connectivity index (χ4n) is 2.27. The number of benzene rings is 1. The number of nitrogens with two attached hydrogens (primary N) is 1. The van der Waals surface area contributed by atoms with Crippen molar-refractivity contribution in [3.8, 4) is 0 Å². The summed E-state index contributed by atoms with van der Waals surface area (Å²) in [6.07, 6.45) is 1.30. The molecule has 2 aliphatic rings. The summed E-state index contributed by atoms with van der Waals surface area (Å²) in [6, 6.07) is 4.76. The third kappa shape index (κ3) is 1.50. The van der Waals surface area contributed by atoms with Crippen LogP contribution < -0.4 is 10.6 Å². The molecule has 0 radical (unpaired) electrons. The Bertz CT molecular complexity index is 460. The Morgan fingerprint density at radius 2 is 2.25 bits per heavy atom. The average Bonchev–Trinajstić information content (AvgIpc) is 2.82. The quantitative estimate of drug-likeness (QED) is 0.810. The van der Waals surface area contributed by atoms with Gasteiger partial charge >= 0.3 is 0 Å². The largest absolute Gasteiger partial charge is 0.327 e. The second-order valence-corrected chi connectivity index (χ2v) is 4.61. The van der Waals surface area contributed by atoms with E-state index in [1.807, 2.05) is 0 Å². The van der Waals surface area contributed by atoms with Gasteiger partial charge in [-0.2, -0.15) is 0 Å². The lowest BCUT2D eigenvalue weighted by molar-refractivity contribution is -0.117. The van der Waals surface area contributed by atoms with E-state index < -0.39 is 0 Å². The van der Waals surface area contributed by atoms with Gasteiger partial charge in [0.25, 0.3) is 0 Å². The van der Waals surface area contributed by atoms with E-state index in [4.69, 9.17) is 5.73 Å². The van der Waals surface area contributed by atoms with E-state index in [2.05, 4.69) is 0 Å². The topological polar surface area (TPSA) is 46.3 Å². The lowest BCUT2D eigenvalue weighted by Crippen LogP contribution is -2.30. The minimum Gasteiger partial charge on any atom is -0.327 e. The average molecular weight is 220 g/mol. The van der Waals surface area contributed by atoms with Gasteiger partial charge in [0.15, 0.2) is 0 Å². The van der Waals surface area contributed by atoms with Crippen LogP contribution in [0, 0.1) is 11.7 Å². The molecule has 1 aliphatic heterocycles. The van der Waals surface area contributed by atoms with Crippen molar-refractivity contribution in [1.29, 1.82) is 0 Å². The molecule has 0 saturated heterocycles. The van der Waals surface area contributed by atoms with Crippen LogP contribution in [0.4, 0.5) is 10.1 Å². The Kier molecular flexibility index (Phi) is 2.01. The standard InChI is InChI=1S/C12H13FN2O/c13-9-1-2-11-7(3-9)5-12(16)15(11)6-8-4-10(8)14/h1-3,8,10H,4-6,14H2/t8-,10-/m1/s1. The number of amides is 1. The van der Waals surface area contributed by atoms with Crippen molar-refractivity contribution in [3.63, 3.8) is 0 Å². The highest BCUT2D eigenvalue weighted by atomic mass is 19.1. The van der Waals surface area contributed by atoms with Crippen molar-refractivity contribution in [2.45, 2.75) is 18.9 Å².